The van der Waals surface area contributed by atoms with Crippen LogP contribution < -0.4 is 10.6 Å². The summed E-state index contributed by atoms with van der Waals surface area (Å²) in [6, 6.07) is 14.1. The fourth-order valence-corrected chi connectivity index (χ4v) is 3.30. The van der Waals surface area contributed by atoms with Crippen molar-refractivity contribution in [3.63, 3.8) is 0 Å². The molecule has 0 unspecified atom stereocenters. The van der Waals surface area contributed by atoms with Crippen molar-refractivity contribution in [2.45, 2.75) is 37.6 Å². The number of carbonyl (C=O) groups is 1. The van der Waals surface area contributed by atoms with Gasteiger partial charge in [0.05, 0.1) is 0 Å². The lowest BCUT2D eigenvalue weighted by atomic mass is 9.81. The Kier molecular flexibility index (Phi) is 4.89. The zero-order chi connectivity index (χ0) is 16.9. The molecule has 0 bridgehead atoms. The first-order valence-corrected chi connectivity index (χ1v) is 8.26. The molecule has 1 fully saturated rings. The smallest absolute Gasteiger partial charge is 0.319 e. The number of hydrogen-bond acceptors (Lipinski definition) is 3. The molecule has 2 amide bonds. The van der Waals surface area contributed by atoms with Crippen molar-refractivity contribution in [1.82, 2.24) is 5.32 Å². The molecule has 2 aromatic carbocycles. The Morgan fingerprint density at radius 3 is 2.33 bits per heavy atom. The SMILES string of the molecule is O=C(Nc1ccccc1)N[C@H]1CC[C@H](c2ccc(O)cc2O)CC1. The number of anilines is 1. The lowest BCUT2D eigenvalue weighted by Crippen LogP contribution is -2.39. The number of phenolic OH excluding ortho intramolecular Hbond substituents is 2. The molecule has 0 radical (unpaired) electrons. The van der Waals surface area contributed by atoms with Gasteiger partial charge in [0.1, 0.15) is 11.5 Å². The van der Waals surface area contributed by atoms with Crippen molar-refractivity contribution in [2.75, 3.05) is 5.32 Å². The first-order chi connectivity index (χ1) is 11.6. The van der Waals surface area contributed by atoms with E-state index in [9.17, 15) is 15.0 Å². The van der Waals surface area contributed by atoms with Crippen LogP contribution in [0.2, 0.25) is 0 Å². The van der Waals surface area contributed by atoms with Crippen LogP contribution in [0, 0.1) is 0 Å². The molecule has 1 aliphatic rings. The third kappa shape index (κ3) is 3.98. The van der Waals surface area contributed by atoms with Gasteiger partial charge in [-0.1, -0.05) is 24.3 Å². The predicted molar refractivity (Wildman–Crippen MR) is 93.4 cm³/mol. The summed E-state index contributed by atoms with van der Waals surface area (Å²) >= 11 is 0. The van der Waals surface area contributed by atoms with E-state index in [1.807, 2.05) is 30.3 Å². The van der Waals surface area contributed by atoms with Gasteiger partial charge >= 0.3 is 6.03 Å². The van der Waals surface area contributed by atoms with E-state index >= 15 is 0 Å². The zero-order valence-electron chi connectivity index (χ0n) is 13.4. The van der Waals surface area contributed by atoms with Crippen LogP contribution in [-0.4, -0.2) is 22.3 Å². The van der Waals surface area contributed by atoms with Crippen LogP contribution >= 0.6 is 0 Å². The van der Waals surface area contributed by atoms with Crippen LogP contribution in [0.1, 0.15) is 37.2 Å². The standard InChI is InChI=1S/C19H22N2O3/c22-16-10-11-17(18(23)12-16)13-6-8-15(9-7-13)21-19(24)20-14-4-2-1-3-5-14/h1-5,10-13,15,22-23H,6-9H2,(H2,20,21,24)/t13-,15-. The highest BCUT2D eigenvalue weighted by atomic mass is 16.3. The number of amides is 2. The maximum atomic E-state index is 12.0. The van der Waals surface area contributed by atoms with E-state index in [4.69, 9.17) is 0 Å². The summed E-state index contributed by atoms with van der Waals surface area (Å²) in [6.45, 7) is 0. The highest BCUT2D eigenvalue weighted by molar-refractivity contribution is 5.89. The molecule has 3 rings (SSSR count). The normalized spacial score (nSPS) is 20.3. The number of benzene rings is 2. The van der Waals surface area contributed by atoms with Crippen molar-refractivity contribution in [3.8, 4) is 11.5 Å². The highest BCUT2D eigenvalue weighted by Crippen LogP contribution is 2.38. The van der Waals surface area contributed by atoms with Gasteiger partial charge in [-0.2, -0.15) is 0 Å². The fraction of sp³-hybridized carbons (Fsp3) is 0.316. The van der Waals surface area contributed by atoms with Gasteiger partial charge < -0.3 is 20.8 Å². The second-order valence-electron chi connectivity index (χ2n) is 6.26. The maximum Gasteiger partial charge on any atom is 0.319 e. The quantitative estimate of drug-likeness (QED) is 0.689. The number of urea groups is 1. The van der Waals surface area contributed by atoms with Crippen LogP contribution in [-0.2, 0) is 0 Å². The number of rotatable bonds is 3. The van der Waals surface area contributed by atoms with Crippen LogP contribution in [0.25, 0.3) is 0 Å². The molecule has 1 aliphatic carbocycles. The number of nitrogens with one attached hydrogen (secondary N) is 2. The molecule has 5 nitrogen and oxygen atoms in total. The van der Waals surface area contributed by atoms with Crippen LogP contribution in [0.3, 0.4) is 0 Å². The van der Waals surface area contributed by atoms with Crippen LogP contribution in [0.4, 0.5) is 10.5 Å². The topological polar surface area (TPSA) is 81.6 Å². The third-order valence-electron chi connectivity index (χ3n) is 4.55. The first-order valence-electron chi connectivity index (χ1n) is 8.26. The van der Waals surface area contributed by atoms with Gasteiger partial charge in [0.25, 0.3) is 0 Å². The van der Waals surface area contributed by atoms with Crippen molar-refractivity contribution >= 4 is 11.7 Å². The molecule has 0 spiro atoms. The first kappa shape index (κ1) is 16.2. The molecular formula is C19H22N2O3. The Balaban J connectivity index is 1.51. The minimum Gasteiger partial charge on any atom is -0.508 e. The molecule has 0 atom stereocenters. The van der Waals surface area contributed by atoms with E-state index in [0.29, 0.717) is 0 Å². The number of aromatic hydroxyl groups is 2. The average molecular weight is 326 g/mol. The molecule has 0 aliphatic heterocycles. The molecule has 4 N–H and O–H groups in total. The Morgan fingerprint density at radius 2 is 1.67 bits per heavy atom. The van der Waals surface area contributed by atoms with Gasteiger partial charge in [0.15, 0.2) is 0 Å². The van der Waals surface area contributed by atoms with E-state index in [-0.39, 0.29) is 29.5 Å². The van der Waals surface area contributed by atoms with Crippen LogP contribution in [0.15, 0.2) is 48.5 Å². The Labute approximate surface area is 141 Å². The highest BCUT2D eigenvalue weighted by Gasteiger charge is 2.25. The molecule has 1 saturated carbocycles. The van der Waals surface area contributed by atoms with Gasteiger partial charge in [-0.15, -0.1) is 0 Å². The van der Waals surface area contributed by atoms with Gasteiger partial charge in [-0.3, -0.25) is 0 Å². The summed E-state index contributed by atoms with van der Waals surface area (Å²) < 4.78 is 0. The minimum absolute atomic E-state index is 0.0733. The molecule has 5 heteroatoms. The monoisotopic (exact) mass is 326 g/mol. The van der Waals surface area contributed by atoms with Crippen LogP contribution in [0.5, 0.6) is 11.5 Å². The average Bonchev–Trinajstić information content (AvgIpc) is 2.57. The maximum absolute atomic E-state index is 12.0. The summed E-state index contributed by atoms with van der Waals surface area (Å²) in [4.78, 5) is 12.0. The van der Waals surface area contributed by atoms with Crippen molar-refractivity contribution in [1.29, 1.82) is 0 Å². The molecule has 2 aromatic rings. The third-order valence-corrected chi connectivity index (χ3v) is 4.55. The molecule has 0 aromatic heterocycles. The van der Waals surface area contributed by atoms with Gasteiger partial charge in [0.2, 0.25) is 0 Å². The second-order valence-corrected chi connectivity index (χ2v) is 6.26. The molecule has 0 saturated heterocycles. The Morgan fingerprint density at radius 1 is 0.958 bits per heavy atom. The summed E-state index contributed by atoms with van der Waals surface area (Å²) in [5.41, 5.74) is 1.65. The molecule has 0 heterocycles. The Hall–Kier alpha value is -2.69. The fourth-order valence-electron chi connectivity index (χ4n) is 3.30. The summed E-state index contributed by atoms with van der Waals surface area (Å²) in [5, 5.41) is 25.2. The van der Waals surface area contributed by atoms with E-state index in [1.165, 1.54) is 6.07 Å². The Bertz CT molecular complexity index is 695. The number of carbonyl (C=O) groups excluding carboxylic acids is 1. The van der Waals surface area contributed by atoms with Gasteiger partial charge in [-0.25, -0.2) is 4.79 Å². The molecule has 126 valence electrons. The van der Waals surface area contributed by atoms with Crippen molar-refractivity contribution in [3.05, 3.63) is 54.1 Å². The summed E-state index contributed by atoms with van der Waals surface area (Å²) in [6.07, 6.45) is 3.53. The van der Waals surface area contributed by atoms with E-state index in [1.54, 1.807) is 12.1 Å². The van der Waals surface area contributed by atoms with Gasteiger partial charge in [0, 0.05) is 17.8 Å². The summed E-state index contributed by atoms with van der Waals surface area (Å²) in [7, 11) is 0. The lowest BCUT2D eigenvalue weighted by molar-refractivity contribution is 0.242. The number of para-hydroxylation sites is 1. The number of phenols is 2. The molecule has 24 heavy (non-hydrogen) atoms. The number of hydrogen-bond donors (Lipinski definition) is 4. The van der Waals surface area contributed by atoms with Gasteiger partial charge in [-0.05, 0) is 55.4 Å². The zero-order valence-corrected chi connectivity index (χ0v) is 13.4. The largest absolute Gasteiger partial charge is 0.508 e. The lowest BCUT2D eigenvalue weighted by Gasteiger charge is -2.29. The van der Waals surface area contributed by atoms with Crippen molar-refractivity contribution in [2.24, 2.45) is 0 Å². The van der Waals surface area contributed by atoms with Crippen molar-refractivity contribution < 1.29 is 15.0 Å². The molecular weight excluding hydrogens is 304 g/mol. The second kappa shape index (κ2) is 7.25. The van der Waals surface area contributed by atoms with E-state index in [2.05, 4.69) is 10.6 Å². The van der Waals surface area contributed by atoms with E-state index in [0.717, 1.165) is 36.9 Å². The van der Waals surface area contributed by atoms with E-state index < -0.39 is 0 Å². The summed E-state index contributed by atoms with van der Waals surface area (Å²) in [5.74, 6) is 0.484. The predicted octanol–water partition coefficient (Wildman–Crippen LogP) is 3.95. The minimum atomic E-state index is -0.183.